The SMILES string of the molecule is CC(C)CC1CN=C(NC(C)C2CC2)S1. The van der Waals surface area contributed by atoms with E-state index in [2.05, 4.69) is 31.1 Å². The fourth-order valence-electron chi connectivity index (χ4n) is 2.05. The zero-order valence-electron chi connectivity index (χ0n) is 9.99. The van der Waals surface area contributed by atoms with Crippen LogP contribution in [0.2, 0.25) is 0 Å². The molecular weight excluding hydrogens is 204 g/mol. The van der Waals surface area contributed by atoms with E-state index in [1.807, 2.05) is 11.8 Å². The molecule has 0 aromatic rings. The van der Waals surface area contributed by atoms with Gasteiger partial charge >= 0.3 is 0 Å². The number of amidine groups is 1. The van der Waals surface area contributed by atoms with Gasteiger partial charge in [0.05, 0.1) is 6.54 Å². The van der Waals surface area contributed by atoms with Crippen LogP contribution in [0, 0.1) is 11.8 Å². The van der Waals surface area contributed by atoms with Crippen LogP contribution in [0.4, 0.5) is 0 Å². The van der Waals surface area contributed by atoms with Gasteiger partial charge in [0.1, 0.15) is 0 Å². The molecule has 0 radical (unpaired) electrons. The predicted octanol–water partition coefficient (Wildman–Crippen LogP) is 2.89. The highest BCUT2D eigenvalue weighted by Crippen LogP contribution is 2.33. The van der Waals surface area contributed by atoms with Crippen molar-refractivity contribution in [1.82, 2.24) is 5.32 Å². The lowest BCUT2D eigenvalue weighted by Gasteiger charge is -2.15. The van der Waals surface area contributed by atoms with Crippen molar-refractivity contribution in [3.05, 3.63) is 0 Å². The number of aliphatic imine (C=N–C) groups is 1. The Hall–Kier alpha value is -0.180. The van der Waals surface area contributed by atoms with E-state index in [9.17, 15) is 0 Å². The predicted molar refractivity (Wildman–Crippen MR) is 68.5 cm³/mol. The van der Waals surface area contributed by atoms with Crippen molar-refractivity contribution >= 4 is 16.9 Å². The zero-order valence-corrected chi connectivity index (χ0v) is 10.8. The lowest BCUT2D eigenvalue weighted by Crippen LogP contribution is -2.31. The molecule has 3 heteroatoms. The summed E-state index contributed by atoms with van der Waals surface area (Å²) in [5, 5.41) is 5.47. The molecule has 1 heterocycles. The third-order valence-corrected chi connectivity index (χ3v) is 4.28. The smallest absolute Gasteiger partial charge is 0.157 e. The fraction of sp³-hybridized carbons (Fsp3) is 0.917. The minimum Gasteiger partial charge on any atom is -0.362 e. The highest BCUT2D eigenvalue weighted by atomic mass is 32.2. The van der Waals surface area contributed by atoms with Crippen molar-refractivity contribution in [1.29, 1.82) is 0 Å². The molecule has 1 aliphatic carbocycles. The van der Waals surface area contributed by atoms with Gasteiger partial charge in [0.25, 0.3) is 0 Å². The molecule has 0 spiro atoms. The average Bonchev–Trinajstić information content (AvgIpc) is 2.90. The Kier molecular flexibility index (Phi) is 3.60. The summed E-state index contributed by atoms with van der Waals surface area (Å²) >= 11 is 1.95. The number of rotatable bonds is 4. The summed E-state index contributed by atoms with van der Waals surface area (Å²) in [6.07, 6.45) is 4.10. The van der Waals surface area contributed by atoms with E-state index in [0.717, 1.165) is 23.6 Å². The van der Waals surface area contributed by atoms with Crippen molar-refractivity contribution < 1.29 is 0 Å². The Morgan fingerprint density at radius 1 is 1.40 bits per heavy atom. The van der Waals surface area contributed by atoms with Crippen molar-refractivity contribution in [3.63, 3.8) is 0 Å². The van der Waals surface area contributed by atoms with Gasteiger partial charge in [-0.3, -0.25) is 4.99 Å². The molecule has 0 amide bonds. The number of hydrogen-bond acceptors (Lipinski definition) is 3. The summed E-state index contributed by atoms with van der Waals surface area (Å²) in [6.45, 7) is 7.89. The number of thioether (sulfide) groups is 1. The topological polar surface area (TPSA) is 24.4 Å². The lowest BCUT2D eigenvalue weighted by molar-refractivity contribution is 0.574. The Labute approximate surface area is 97.3 Å². The standard InChI is InChI=1S/C12H22N2S/c1-8(2)6-11-7-13-12(15-11)14-9(3)10-4-5-10/h8-11H,4-7H2,1-3H3,(H,13,14). The molecule has 1 saturated carbocycles. The van der Waals surface area contributed by atoms with Gasteiger partial charge in [-0.1, -0.05) is 25.6 Å². The molecule has 86 valence electrons. The fourth-order valence-corrected chi connectivity index (χ4v) is 3.40. The summed E-state index contributed by atoms with van der Waals surface area (Å²) in [5.41, 5.74) is 0. The second kappa shape index (κ2) is 4.77. The summed E-state index contributed by atoms with van der Waals surface area (Å²) < 4.78 is 0. The van der Waals surface area contributed by atoms with Gasteiger partial charge in [-0.25, -0.2) is 0 Å². The van der Waals surface area contributed by atoms with Gasteiger partial charge in [0.2, 0.25) is 0 Å². The van der Waals surface area contributed by atoms with E-state index >= 15 is 0 Å². The molecule has 2 nitrogen and oxygen atoms in total. The summed E-state index contributed by atoms with van der Waals surface area (Å²) in [6, 6.07) is 0.633. The van der Waals surface area contributed by atoms with Crippen LogP contribution in [-0.4, -0.2) is 23.0 Å². The van der Waals surface area contributed by atoms with Crippen LogP contribution in [-0.2, 0) is 0 Å². The van der Waals surface area contributed by atoms with Crippen LogP contribution in [0.5, 0.6) is 0 Å². The van der Waals surface area contributed by atoms with E-state index in [1.54, 1.807) is 0 Å². The Balaban J connectivity index is 1.71. The number of hydrogen-bond donors (Lipinski definition) is 1. The van der Waals surface area contributed by atoms with Gasteiger partial charge in [0, 0.05) is 11.3 Å². The first-order chi connectivity index (χ1) is 7.15. The number of nitrogens with one attached hydrogen (secondary N) is 1. The molecule has 0 aromatic heterocycles. The zero-order chi connectivity index (χ0) is 10.8. The molecule has 1 aliphatic heterocycles. The summed E-state index contributed by atoms with van der Waals surface area (Å²) in [7, 11) is 0. The lowest BCUT2D eigenvalue weighted by atomic mass is 10.1. The third-order valence-electron chi connectivity index (χ3n) is 3.13. The van der Waals surface area contributed by atoms with Crippen LogP contribution < -0.4 is 5.32 Å². The Morgan fingerprint density at radius 3 is 2.73 bits per heavy atom. The van der Waals surface area contributed by atoms with E-state index in [1.165, 1.54) is 24.4 Å². The van der Waals surface area contributed by atoms with E-state index < -0.39 is 0 Å². The highest BCUT2D eigenvalue weighted by Gasteiger charge is 2.30. The van der Waals surface area contributed by atoms with Crippen molar-refractivity contribution in [3.8, 4) is 0 Å². The Morgan fingerprint density at radius 2 is 2.13 bits per heavy atom. The maximum absolute atomic E-state index is 4.59. The monoisotopic (exact) mass is 226 g/mol. The van der Waals surface area contributed by atoms with Gasteiger partial charge in [-0.05, 0) is 38.0 Å². The second-order valence-corrected chi connectivity index (χ2v) is 6.57. The molecule has 2 unspecified atom stereocenters. The maximum atomic E-state index is 4.59. The van der Waals surface area contributed by atoms with Crippen molar-refractivity contribution in [2.75, 3.05) is 6.54 Å². The molecule has 15 heavy (non-hydrogen) atoms. The van der Waals surface area contributed by atoms with Gasteiger partial charge in [-0.15, -0.1) is 0 Å². The van der Waals surface area contributed by atoms with E-state index in [4.69, 9.17) is 0 Å². The minimum absolute atomic E-state index is 0.633. The molecule has 0 saturated heterocycles. The summed E-state index contributed by atoms with van der Waals surface area (Å²) in [5.74, 6) is 1.70. The largest absolute Gasteiger partial charge is 0.362 e. The first kappa shape index (κ1) is 11.3. The molecule has 0 aromatic carbocycles. The van der Waals surface area contributed by atoms with Crippen LogP contribution in [0.3, 0.4) is 0 Å². The van der Waals surface area contributed by atoms with Crippen LogP contribution in [0.1, 0.15) is 40.0 Å². The molecule has 2 aliphatic rings. The van der Waals surface area contributed by atoms with Crippen molar-refractivity contribution in [2.45, 2.75) is 51.3 Å². The molecule has 1 fully saturated rings. The van der Waals surface area contributed by atoms with Gasteiger partial charge in [0.15, 0.2) is 5.17 Å². The second-order valence-electron chi connectivity index (χ2n) is 5.29. The maximum Gasteiger partial charge on any atom is 0.157 e. The van der Waals surface area contributed by atoms with Crippen molar-refractivity contribution in [2.24, 2.45) is 16.8 Å². The van der Waals surface area contributed by atoms with E-state index in [-0.39, 0.29) is 0 Å². The van der Waals surface area contributed by atoms with Gasteiger partial charge < -0.3 is 5.32 Å². The molecule has 1 N–H and O–H groups in total. The third kappa shape index (κ3) is 3.40. The minimum atomic E-state index is 0.633. The van der Waals surface area contributed by atoms with Crippen LogP contribution >= 0.6 is 11.8 Å². The quantitative estimate of drug-likeness (QED) is 0.797. The first-order valence-electron chi connectivity index (χ1n) is 6.12. The molecule has 2 rings (SSSR count). The van der Waals surface area contributed by atoms with E-state index in [0.29, 0.717) is 6.04 Å². The normalized spacial score (nSPS) is 28.0. The molecule has 0 bridgehead atoms. The Bertz CT molecular complexity index is 246. The van der Waals surface area contributed by atoms with Crippen LogP contribution in [0.15, 0.2) is 4.99 Å². The van der Waals surface area contributed by atoms with Gasteiger partial charge in [-0.2, -0.15) is 0 Å². The molecular formula is C12H22N2S. The first-order valence-corrected chi connectivity index (χ1v) is 7.00. The number of nitrogens with zero attached hydrogens (tertiary/aromatic N) is 1. The average molecular weight is 226 g/mol. The molecule has 2 atom stereocenters. The van der Waals surface area contributed by atoms with Crippen LogP contribution in [0.25, 0.3) is 0 Å². The summed E-state index contributed by atoms with van der Waals surface area (Å²) in [4.78, 5) is 4.59. The highest BCUT2D eigenvalue weighted by molar-refractivity contribution is 8.14.